The molecular weight excluding hydrogens is 287 g/mol. The number of ether oxygens (including phenoxy) is 1. The summed E-state index contributed by atoms with van der Waals surface area (Å²) >= 11 is 0. The minimum absolute atomic E-state index is 0.0888. The summed E-state index contributed by atoms with van der Waals surface area (Å²) in [5.74, 6) is -3.11. The molecule has 0 N–H and O–H groups in total. The molecule has 2 rings (SSSR count). The van der Waals surface area contributed by atoms with Crippen LogP contribution >= 0.6 is 0 Å². The first-order chi connectivity index (χ1) is 9.77. The average Bonchev–Trinajstić information content (AvgIpc) is 2.44. The van der Waals surface area contributed by atoms with Gasteiger partial charge in [-0.25, -0.2) is 0 Å². The maximum Gasteiger partial charge on any atom is 0.471 e. The third-order valence-electron chi connectivity index (χ3n) is 3.54. The summed E-state index contributed by atoms with van der Waals surface area (Å²) in [5.41, 5.74) is 0.481. The number of para-hydroxylation sites is 1. The molecular formula is C14H14F3NO3. The molecule has 2 atom stereocenters. The lowest BCUT2D eigenvalue weighted by atomic mass is 9.86. The zero-order valence-corrected chi connectivity index (χ0v) is 11.5. The van der Waals surface area contributed by atoms with E-state index in [2.05, 4.69) is 0 Å². The van der Waals surface area contributed by atoms with E-state index in [9.17, 15) is 22.8 Å². The largest absolute Gasteiger partial charge is 0.471 e. The molecule has 1 amide bonds. The van der Waals surface area contributed by atoms with Gasteiger partial charge in [-0.15, -0.1) is 0 Å². The molecule has 0 aliphatic carbocycles. The van der Waals surface area contributed by atoms with Gasteiger partial charge in [0.05, 0.1) is 13.0 Å². The molecule has 2 unspecified atom stereocenters. The van der Waals surface area contributed by atoms with Crippen LogP contribution in [0.4, 0.5) is 18.9 Å². The number of esters is 1. The van der Waals surface area contributed by atoms with Crippen LogP contribution in [0.1, 0.15) is 24.8 Å². The van der Waals surface area contributed by atoms with Gasteiger partial charge in [-0.1, -0.05) is 18.2 Å². The predicted octanol–water partition coefficient (Wildman–Crippen LogP) is 2.63. The second kappa shape index (κ2) is 5.38. The number of halogens is 3. The van der Waals surface area contributed by atoms with Crippen molar-refractivity contribution in [3.05, 3.63) is 29.8 Å². The van der Waals surface area contributed by atoms with Crippen LogP contribution in [0.5, 0.6) is 0 Å². The highest BCUT2D eigenvalue weighted by atomic mass is 19.4. The molecule has 0 radical (unpaired) electrons. The fraction of sp³-hybridized carbons (Fsp3) is 0.429. The number of benzene rings is 1. The van der Waals surface area contributed by atoms with Crippen molar-refractivity contribution in [3.63, 3.8) is 0 Å². The number of fused-ring (bicyclic) bond motifs is 1. The van der Waals surface area contributed by atoms with Crippen molar-refractivity contribution in [3.8, 4) is 0 Å². The van der Waals surface area contributed by atoms with Gasteiger partial charge in [-0.2, -0.15) is 13.2 Å². The number of rotatable bonds is 1. The summed E-state index contributed by atoms with van der Waals surface area (Å²) in [7, 11) is 1.23. The SMILES string of the molecule is COC(=O)C1CC(C)N(C(=O)C(F)(F)F)c2ccccc21. The Hall–Kier alpha value is -2.05. The van der Waals surface area contributed by atoms with E-state index in [0.29, 0.717) is 10.5 Å². The van der Waals surface area contributed by atoms with E-state index in [1.807, 2.05) is 0 Å². The highest BCUT2D eigenvalue weighted by Crippen LogP contribution is 2.40. The Morgan fingerprint density at radius 3 is 2.48 bits per heavy atom. The van der Waals surface area contributed by atoms with Crippen LogP contribution in [-0.2, 0) is 14.3 Å². The summed E-state index contributed by atoms with van der Waals surface area (Å²) in [6, 6.07) is 5.34. The van der Waals surface area contributed by atoms with E-state index in [1.165, 1.54) is 26.2 Å². The first-order valence-corrected chi connectivity index (χ1v) is 6.34. The number of alkyl halides is 3. The summed E-state index contributed by atoms with van der Waals surface area (Å²) in [5, 5.41) is 0. The number of nitrogens with zero attached hydrogens (tertiary/aromatic N) is 1. The number of methoxy groups -OCH3 is 1. The minimum atomic E-state index is -4.96. The molecule has 4 nitrogen and oxygen atoms in total. The lowest BCUT2D eigenvalue weighted by Gasteiger charge is -2.38. The van der Waals surface area contributed by atoms with Gasteiger partial charge in [0.25, 0.3) is 0 Å². The van der Waals surface area contributed by atoms with Crippen molar-refractivity contribution in [2.45, 2.75) is 31.5 Å². The van der Waals surface area contributed by atoms with Crippen LogP contribution in [0, 0.1) is 0 Å². The van der Waals surface area contributed by atoms with Gasteiger partial charge in [0.2, 0.25) is 0 Å². The Kier molecular flexibility index (Phi) is 3.93. The Labute approximate surface area is 119 Å². The maximum atomic E-state index is 12.7. The highest BCUT2D eigenvalue weighted by Gasteiger charge is 2.48. The zero-order valence-electron chi connectivity index (χ0n) is 11.5. The molecule has 0 bridgehead atoms. The number of amides is 1. The molecule has 7 heteroatoms. The van der Waals surface area contributed by atoms with Crippen LogP contribution in [0.25, 0.3) is 0 Å². The fourth-order valence-electron chi connectivity index (χ4n) is 2.62. The van der Waals surface area contributed by atoms with Crippen LogP contribution < -0.4 is 4.90 Å². The number of carbonyl (C=O) groups is 2. The molecule has 1 aliphatic rings. The Morgan fingerprint density at radius 2 is 1.90 bits per heavy atom. The summed E-state index contributed by atoms with van der Waals surface area (Å²) in [4.78, 5) is 24.1. The molecule has 1 aromatic rings. The summed E-state index contributed by atoms with van der Waals surface area (Å²) < 4.78 is 42.9. The molecule has 1 aromatic carbocycles. The van der Waals surface area contributed by atoms with Crippen molar-refractivity contribution >= 4 is 17.6 Å². The van der Waals surface area contributed by atoms with Crippen molar-refractivity contribution in [2.24, 2.45) is 0 Å². The van der Waals surface area contributed by atoms with Gasteiger partial charge in [0.15, 0.2) is 0 Å². The van der Waals surface area contributed by atoms with Gasteiger partial charge in [-0.05, 0) is 25.0 Å². The monoisotopic (exact) mass is 301 g/mol. The molecule has 0 aromatic heterocycles. The molecule has 1 aliphatic heterocycles. The summed E-state index contributed by atoms with van der Waals surface area (Å²) in [6.07, 6.45) is -4.87. The van der Waals surface area contributed by atoms with Crippen molar-refractivity contribution in [1.29, 1.82) is 0 Å². The number of carbonyl (C=O) groups excluding carboxylic acids is 2. The van der Waals surface area contributed by atoms with Gasteiger partial charge >= 0.3 is 18.1 Å². The highest BCUT2D eigenvalue weighted by molar-refractivity contribution is 6.00. The molecule has 1 heterocycles. The summed E-state index contributed by atoms with van der Waals surface area (Å²) in [6.45, 7) is 1.48. The first-order valence-electron chi connectivity index (χ1n) is 6.34. The smallest absolute Gasteiger partial charge is 0.469 e. The second-order valence-corrected chi connectivity index (χ2v) is 4.89. The van der Waals surface area contributed by atoms with Crippen molar-refractivity contribution in [2.75, 3.05) is 12.0 Å². The van der Waals surface area contributed by atoms with Crippen LogP contribution in [-0.4, -0.2) is 31.2 Å². The van der Waals surface area contributed by atoms with Crippen molar-refractivity contribution < 1.29 is 27.5 Å². The van der Waals surface area contributed by atoms with E-state index in [0.717, 1.165) is 0 Å². The fourth-order valence-corrected chi connectivity index (χ4v) is 2.62. The zero-order chi connectivity index (χ0) is 15.8. The third-order valence-corrected chi connectivity index (χ3v) is 3.54. The van der Waals surface area contributed by atoms with Gasteiger partial charge in [0, 0.05) is 11.7 Å². The second-order valence-electron chi connectivity index (χ2n) is 4.89. The number of hydrogen-bond donors (Lipinski definition) is 0. The Morgan fingerprint density at radius 1 is 1.29 bits per heavy atom. The lowest BCUT2D eigenvalue weighted by molar-refractivity contribution is -0.171. The van der Waals surface area contributed by atoms with Gasteiger partial charge in [0.1, 0.15) is 0 Å². The molecule has 0 fully saturated rings. The van der Waals surface area contributed by atoms with Crippen LogP contribution in [0.15, 0.2) is 24.3 Å². The normalized spacial score (nSPS) is 21.7. The van der Waals surface area contributed by atoms with E-state index in [1.54, 1.807) is 12.1 Å². The van der Waals surface area contributed by atoms with Crippen molar-refractivity contribution in [1.82, 2.24) is 0 Å². The number of anilines is 1. The Balaban J connectivity index is 2.51. The molecule has 21 heavy (non-hydrogen) atoms. The topological polar surface area (TPSA) is 46.6 Å². The van der Waals surface area contributed by atoms with E-state index < -0.39 is 30.0 Å². The lowest BCUT2D eigenvalue weighted by Crippen LogP contribution is -2.50. The first kappa shape index (κ1) is 15.3. The Bertz CT molecular complexity index is 571. The maximum absolute atomic E-state index is 12.7. The van der Waals surface area contributed by atoms with Crippen LogP contribution in [0.2, 0.25) is 0 Å². The number of hydrogen-bond acceptors (Lipinski definition) is 3. The van der Waals surface area contributed by atoms with Gasteiger partial charge < -0.3 is 9.64 Å². The molecule has 0 spiro atoms. The van der Waals surface area contributed by atoms with Gasteiger partial charge in [-0.3, -0.25) is 9.59 Å². The molecule has 0 saturated carbocycles. The van der Waals surface area contributed by atoms with E-state index >= 15 is 0 Å². The third kappa shape index (κ3) is 2.72. The van der Waals surface area contributed by atoms with E-state index in [-0.39, 0.29) is 12.1 Å². The molecule has 114 valence electrons. The van der Waals surface area contributed by atoms with E-state index in [4.69, 9.17) is 4.74 Å². The average molecular weight is 301 g/mol. The standard InChI is InChI=1S/C14H14F3NO3/c1-8-7-10(12(19)21-2)9-5-3-4-6-11(9)18(8)13(20)14(15,16)17/h3-6,8,10H,7H2,1-2H3. The quantitative estimate of drug-likeness (QED) is 0.749. The minimum Gasteiger partial charge on any atom is -0.469 e. The predicted molar refractivity (Wildman–Crippen MR) is 68.8 cm³/mol. The van der Waals surface area contributed by atoms with Crippen LogP contribution in [0.3, 0.4) is 0 Å². The molecule has 0 saturated heterocycles.